The van der Waals surface area contributed by atoms with Crippen LogP contribution in [0.25, 0.3) is 16.8 Å². The fourth-order valence-electron chi connectivity index (χ4n) is 3.37. The van der Waals surface area contributed by atoms with Gasteiger partial charge in [0.05, 0.1) is 5.41 Å². The van der Waals surface area contributed by atoms with Crippen LogP contribution in [-0.2, 0) is 19.6 Å². The first kappa shape index (κ1) is 23.9. The molecular weight excluding hydrogens is 438 g/mol. The van der Waals surface area contributed by atoms with Gasteiger partial charge in [0.1, 0.15) is 5.92 Å². The summed E-state index contributed by atoms with van der Waals surface area (Å²) in [6.07, 6.45) is 5.79. The Morgan fingerprint density at radius 1 is 1.12 bits per heavy atom. The normalized spacial score (nSPS) is 12.4. The molecule has 3 rings (SSSR count). The minimum absolute atomic E-state index is 0.00339. The summed E-state index contributed by atoms with van der Waals surface area (Å²) >= 11 is 0. The molecule has 1 unspecified atom stereocenters. The van der Waals surface area contributed by atoms with Crippen LogP contribution in [0.4, 0.5) is 5.69 Å². The van der Waals surface area contributed by atoms with Crippen molar-refractivity contribution in [2.45, 2.75) is 13.3 Å². The van der Waals surface area contributed by atoms with E-state index >= 15 is 0 Å². The van der Waals surface area contributed by atoms with Gasteiger partial charge in [-0.15, -0.1) is 6.58 Å². The topological polar surface area (TPSA) is 96.4 Å². The molecule has 0 fully saturated rings. The number of aromatic nitrogens is 1. The Kier molecular flexibility index (Phi) is 7.74. The van der Waals surface area contributed by atoms with E-state index in [2.05, 4.69) is 11.6 Å². The van der Waals surface area contributed by atoms with E-state index in [4.69, 9.17) is 0 Å². The van der Waals surface area contributed by atoms with Crippen LogP contribution in [0.5, 0.6) is 0 Å². The van der Waals surface area contributed by atoms with Crippen LogP contribution in [0.3, 0.4) is 0 Å². The molecule has 1 N–H and O–H groups in total. The molecule has 1 aromatic heterocycles. The van der Waals surface area contributed by atoms with Crippen LogP contribution in [-0.4, -0.2) is 31.8 Å². The fraction of sp³-hybridized carbons (Fsp3) is 0.160. The predicted octanol–water partition coefficient (Wildman–Crippen LogP) is 3.90. The summed E-state index contributed by atoms with van der Waals surface area (Å²) in [4.78, 5) is 31.5. The maximum atomic E-state index is 13.3. The summed E-state index contributed by atoms with van der Waals surface area (Å²) in [6.45, 7) is 5.72. The molecule has 33 heavy (non-hydrogen) atoms. The van der Waals surface area contributed by atoms with E-state index in [-0.39, 0.29) is 6.42 Å². The second-order valence-corrected chi connectivity index (χ2v) is 8.86. The minimum Gasteiger partial charge on any atom is -0.312 e. The number of amides is 2. The van der Waals surface area contributed by atoms with Crippen LogP contribution in [0.15, 0.2) is 85.1 Å². The van der Waals surface area contributed by atoms with Gasteiger partial charge >= 0.3 is 0 Å². The molecule has 1 atom stereocenters. The van der Waals surface area contributed by atoms with Gasteiger partial charge in [-0.2, -0.15) is 0 Å². The number of nitrogens with one attached hydrogen (secondary N) is 1. The summed E-state index contributed by atoms with van der Waals surface area (Å²) in [6, 6.07) is 16.6. The van der Waals surface area contributed by atoms with Crippen molar-refractivity contribution < 1.29 is 18.0 Å². The van der Waals surface area contributed by atoms with Crippen LogP contribution >= 0.6 is 0 Å². The number of fused-ring (bicyclic) bond motifs is 1. The zero-order chi connectivity index (χ0) is 23.8. The van der Waals surface area contributed by atoms with E-state index in [1.165, 1.54) is 23.2 Å². The molecule has 0 aliphatic carbocycles. The van der Waals surface area contributed by atoms with Crippen molar-refractivity contribution in [3.63, 3.8) is 0 Å². The van der Waals surface area contributed by atoms with Crippen LogP contribution in [0.1, 0.15) is 18.9 Å². The number of benzene rings is 2. The minimum atomic E-state index is -4.11. The molecule has 2 amide bonds. The number of nitrogens with zero attached hydrogens (tertiary/aromatic N) is 2. The monoisotopic (exact) mass is 463 g/mol. The number of allylic oxidation sites excluding steroid dienone is 1. The Bertz CT molecular complexity index is 1290. The first-order valence-electron chi connectivity index (χ1n) is 10.4. The van der Waals surface area contributed by atoms with Crippen molar-refractivity contribution in [3.8, 4) is 0 Å². The van der Waals surface area contributed by atoms with Crippen molar-refractivity contribution >= 4 is 44.4 Å². The Balaban J connectivity index is 1.81. The maximum Gasteiger partial charge on any atom is 0.257 e. The second-order valence-electron chi connectivity index (χ2n) is 7.29. The average molecular weight is 464 g/mol. The molecule has 2 aromatic carbocycles. The number of pyridine rings is 1. The summed E-state index contributed by atoms with van der Waals surface area (Å²) in [5.41, 5.74) is 1.19. The van der Waals surface area contributed by atoms with Gasteiger partial charge < -0.3 is 4.90 Å². The largest absolute Gasteiger partial charge is 0.312 e. The molecule has 1 heterocycles. The van der Waals surface area contributed by atoms with E-state index < -0.39 is 27.8 Å². The van der Waals surface area contributed by atoms with Crippen molar-refractivity contribution in [1.82, 2.24) is 9.71 Å². The highest BCUT2D eigenvalue weighted by Crippen LogP contribution is 2.24. The molecule has 0 aliphatic rings. The van der Waals surface area contributed by atoms with E-state index in [0.717, 1.165) is 16.2 Å². The lowest BCUT2D eigenvalue weighted by atomic mass is 10.0. The Hall–Kier alpha value is -3.78. The van der Waals surface area contributed by atoms with E-state index in [1.54, 1.807) is 31.3 Å². The van der Waals surface area contributed by atoms with Gasteiger partial charge in [-0.3, -0.25) is 14.6 Å². The SMILES string of the molecule is C=CCC(C(=O)NS(=O)(=O)C=Cc1cccnc1)C(=O)N(CC)c1ccc2ccccc2c1. The highest BCUT2D eigenvalue weighted by atomic mass is 32.2. The third kappa shape index (κ3) is 6.14. The summed E-state index contributed by atoms with van der Waals surface area (Å²) in [5.74, 6) is -2.65. The number of rotatable bonds is 9. The first-order chi connectivity index (χ1) is 15.8. The van der Waals surface area contributed by atoms with Gasteiger partial charge in [0.15, 0.2) is 0 Å². The third-order valence-corrected chi connectivity index (χ3v) is 5.99. The lowest BCUT2D eigenvalue weighted by molar-refractivity contribution is -0.132. The van der Waals surface area contributed by atoms with E-state index in [0.29, 0.717) is 17.8 Å². The number of sulfonamides is 1. The Morgan fingerprint density at radius 3 is 2.55 bits per heavy atom. The van der Waals surface area contributed by atoms with Crippen molar-refractivity contribution in [3.05, 3.63) is 90.6 Å². The second kappa shape index (κ2) is 10.7. The van der Waals surface area contributed by atoms with Gasteiger partial charge in [-0.25, -0.2) is 13.1 Å². The quantitative estimate of drug-likeness (QED) is 0.384. The van der Waals surface area contributed by atoms with Crippen molar-refractivity contribution in [2.24, 2.45) is 5.92 Å². The molecule has 7 nitrogen and oxygen atoms in total. The molecule has 0 aliphatic heterocycles. The maximum absolute atomic E-state index is 13.3. The zero-order valence-corrected chi connectivity index (χ0v) is 19.0. The fourth-order valence-corrected chi connectivity index (χ4v) is 4.20. The summed E-state index contributed by atoms with van der Waals surface area (Å²) in [7, 11) is -4.11. The number of carbonyl (C=O) groups excluding carboxylic acids is 2. The first-order valence-corrected chi connectivity index (χ1v) is 11.9. The molecule has 0 radical (unpaired) electrons. The number of hydrogen-bond donors (Lipinski definition) is 1. The Labute approximate surface area is 193 Å². The molecule has 3 aromatic rings. The number of hydrogen-bond acceptors (Lipinski definition) is 5. The van der Waals surface area contributed by atoms with Crippen molar-refractivity contribution in [2.75, 3.05) is 11.4 Å². The average Bonchev–Trinajstić information content (AvgIpc) is 2.82. The number of carbonyl (C=O) groups is 2. The van der Waals surface area contributed by atoms with Crippen LogP contribution in [0, 0.1) is 5.92 Å². The molecule has 170 valence electrons. The highest BCUT2D eigenvalue weighted by molar-refractivity contribution is 7.93. The summed E-state index contributed by atoms with van der Waals surface area (Å²) in [5, 5.41) is 2.85. The standard InChI is InChI=1S/C25H25N3O4S/c1-3-8-23(24(29)27-33(31,32)16-14-19-9-7-15-26-18-19)25(30)28(4-2)22-13-12-20-10-5-6-11-21(20)17-22/h3,5-7,9-18,23H,1,4,8H2,2H3,(H,27,29). The van der Waals surface area contributed by atoms with Gasteiger partial charge in [0.25, 0.3) is 10.0 Å². The van der Waals surface area contributed by atoms with Crippen LogP contribution < -0.4 is 9.62 Å². The predicted molar refractivity (Wildman–Crippen MR) is 131 cm³/mol. The highest BCUT2D eigenvalue weighted by Gasteiger charge is 2.31. The van der Waals surface area contributed by atoms with Gasteiger partial charge in [0.2, 0.25) is 11.8 Å². The molecule has 0 saturated heterocycles. The molecule has 0 spiro atoms. The van der Waals surface area contributed by atoms with Gasteiger partial charge in [-0.1, -0.05) is 42.5 Å². The lowest BCUT2D eigenvalue weighted by Gasteiger charge is -2.25. The van der Waals surface area contributed by atoms with Crippen LogP contribution in [0.2, 0.25) is 0 Å². The molecule has 0 bridgehead atoms. The third-order valence-electron chi connectivity index (χ3n) is 5.01. The zero-order valence-electron chi connectivity index (χ0n) is 18.2. The van der Waals surface area contributed by atoms with Gasteiger partial charge in [0, 0.05) is 24.6 Å². The van der Waals surface area contributed by atoms with E-state index in [9.17, 15) is 18.0 Å². The summed E-state index contributed by atoms with van der Waals surface area (Å²) < 4.78 is 26.8. The molecule has 8 heteroatoms. The molecule has 0 saturated carbocycles. The lowest BCUT2D eigenvalue weighted by Crippen LogP contribution is -2.45. The molecular formula is C25H25N3O4S. The Morgan fingerprint density at radius 2 is 1.88 bits per heavy atom. The van der Waals surface area contributed by atoms with E-state index in [1.807, 2.05) is 41.1 Å². The number of anilines is 1. The van der Waals surface area contributed by atoms with Gasteiger partial charge in [-0.05, 0) is 54.0 Å². The van der Waals surface area contributed by atoms with Crippen molar-refractivity contribution in [1.29, 1.82) is 0 Å². The smallest absolute Gasteiger partial charge is 0.257 e.